The topological polar surface area (TPSA) is 78.9 Å². The second-order valence-corrected chi connectivity index (χ2v) is 6.60. The van der Waals surface area contributed by atoms with Crippen molar-refractivity contribution in [2.45, 2.75) is 12.8 Å². The number of aliphatic hydroxyl groups excluding tert-OH is 1. The van der Waals surface area contributed by atoms with Crippen molar-refractivity contribution in [3.63, 3.8) is 0 Å². The molecule has 0 aromatic carbocycles. The van der Waals surface area contributed by atoms with Gasteiger partial charge in [0.25, 0.3) is 0 Å². The van der Waals surface area contributed by atoms with E-state index in [9.17, 15) is 8.42 Å². The van der Waals surface area contributed by atoms with E-state index in [4.69, 9.17) is 9.84 Å². The lowest BCUT2D eigenvalue weighted by Crippen LogP contribution is -2.41. The van der Waals surface area contributed by atoms with Gasteiger partial charge in [0, 0.05) is 20.2 Å². The van der Waals surface area contributed by atoms with Gasteiger partial charge >= 0.3 is 0 Å². The first-order valence-corrected chi connectivity index (χ1v) is 7.99. The molecule has 0 radical (unpaired) electrons. The van der Waals surface area contributed by atoms with Crippen molar-refractivity contribution >= 4 is 10.0 Å². The molecular weight excluding hydrogens is 256 g/mol. The summed E-state index contributed by atoms with van der Waals surface area (Å²) in [5, 5.41) is 12.2. The maximum Gasteiger partial charge on any atom is 0.214 e. The first-order valence-electron chi connectivity index (χ1n) is 6.38. The second kappa shape index (κ2) is 8.06. The standard InChI is InChI=1S/C11H24N2O4S/c1-17-9-7-13(6-8-14)18(15,16)10-11-2-4-12-5-3-11/h11-12,14H,2-10H2,1H3. The lowest BCUT2D eigenvalue weighted by atomic mass is 10.0. The van der Waals surface area contributed by atoms with Crippen LogP contribution >= 0.6 is 0 Å². The van der Waals surface area contributed by atoms with Gasteiger partial charge in [-0.2, -0.15) is 4.31 Å². The molecule has 108 valence electrons. The fourth-order valence-electron chi connectivity index (χ4n) is 2.15. The first kappa shape index (κ1) is 15.8. The number of methoxy groups -OCH3 is 1. The molecule has 0 aromatic rings. The number of piperidine rings is 1. The summed E-state index contributed by atoms with van der Waals surface area (Å²) in [6, 6.07) is 0. The Labute approximate surface area is 109 Å². The summed E-state index contributed by atoms with van der Waals surface area (Å²) in [7, 11) is -1.75. The molecule has 1 fully saturated rings. The number of sulfonamides is 1. The van der Waals surface area contributed by atoms with Crippen molar-refractivity contribution in [1.82, 2.24) is 9.62 Å². The third-order valence-electron chi connectivity index (χ3n) is 3.19. The molecule has 1 rings (SSSR count). The Kier molecular flexibility index (Phi) is 7.10. The first-order chi connectivity index (χ1) is 8.60. The van der Waals surface area contributed by atoms with Crippen molar-refractivity contribution < 1.29 is 18.3 Å². The molecule has 1 saturated heterocycles. The molecule has 2 N–H and O–H groups in total. The molecule has 0 bridgehead atoms. The van der Waals surface area contributed by atoms with Gasteiger partial charge in [-0.15, -0.1) is 0 Å². The third kappa shape index (κ3) is 5.19. The number of hydrogen-bond acceptors (Lipinski definition) is 5. The molecular formula is C11H24N2O4S. The third-order valence-corrected chi connectivity index (χ3v) is 5.24. The predicted molar refractivity (Wildman–Crippen MR) is 69.9 cm³/mol. The van der Waals surface area contributed by atoms with Crippen LogP contribution in [-0.2, 0) is 14.8 Å². The molecule has 0 amide bonds. The second-order valence-electron chi connectivity index (χ2n) is 4.59. The molecule has 1 aliphatic rings. The minimum absolute atomic E-state index is 0.149. The molecule has 1 aliphatic heterocycles. The molecule has 0 atom stereocenters. The van der Waals surface area contributed by atoms with Crippen molar-refractivity contribution in [2.75, 3.05) is 52.3 Å². The van der Waals surface area contributed by atoms with Crippen molar-refractivity contribution in [3.8, 4) is 0 Å². The van der Waals surface area contributed by atoms with E-state index in [1.54, 1.807) is 0 Å². The van der Waals surface area contributed by atoms with E-state index in [1.807, 2.05) is 0 Å². The van der Waals surface area contributed by atoms with Crippen LogP contribution in [-0.4, -0.2) is 70.1 Å². The van der Waals surface area contributed by atoms with Gasteiger partial charge in [-0.25, -0.2) is 8.42 Å². The van der Waals surface area contributed by atoms with E-state index in [-0.39, 0.29) is 24.8 Å². The summed E-state index contributed by atoms with van der Waals surface area (Å²) in [6.45, 7) is 2.43. The van der Waals surface area contributed by atoms with Crippen LogP contribution in [0.4, 0.5) is 0 Å². The van der Waals surface area contributed by atoms with Crippen LogP contribution in [0.1, 0.15) is 12.8 Å². The number of hydrogen-bond donors (Lipinski definition) is 2. The Morgan fingerprint density at radius 1 is 1.33 bits per heavy atom. The van der Waals surface area contributed by atoms with E-state index >= 15 is 0 Å². The molecule has 7 heteroatoms. The van der Waals surface area contributed by atoms with Crippen LogP contribution in [0.3, 0.4) is 0 Å². The summed E-state index contributed by atoms with van der Waals surface area (Å²) in [4.78, 5) is 0. The van der Waals surface area contributed by atoms with Gasteiger partial charge in [0.1, 0.15) is 0 Å². The zero-order valence-electron chi connectivity index (χ0n) is 11.0. The van der Waals surface area contributed by atoms with Gasteiger partial charge in [-0.3, -0.25) is 0 Å². The number of nitrogens with zero attached hydrogens (tertiary/aromatic N) is 1. The average molecular weight is 280 g/mol. The van der Waals surface area contributed by atoms with Crippen LogP contribution in [0.5, 0.6) is 0 Å². The van der Waals surface area contributed by atoms with Crippen LogP contribution in [0.2, 0.25) is 0 Å². The summed E-state index contributed by atoms with van der Waals surface area (Å²) in [6.07, 6.45) is 1.80. The minimum atomic E-state index is -3.29. The lowest BCUT2D eigenvalue weighted by molar-refractivity contribution is 0.168. The maximum atomic E-state index is 12.2. The van der Waals surface area contributed by atoms with Crippen molar-refractivity contribution in [3.05, 3.63) is 0 Å². The predicted octanol–water partition coefficient (Wildman–Crippen LogP) is -0.743. The lowest BCUT2D eigenvalue weighted by Gasteiger charge is -2.26. The van der Waals surface area contributed by atoms with E-state index in [0.29, 0.717) is 13.2 Å². The number of ether oxygens (including phenoxy) is 1. The van der Waals surface area contributed by atoms with E-state index in [0.717, 1.165) is 25.9 Å². The molecule has 0 spiro atoms. The van der Waals surface area contributed by atoms with Gasteiger partial charge in [-0.05, 0) is 31.8 Å². The molecule has 0 aliphatic carbocycles. The van der Waals surface area contributed by atoms with Crippen LogP contribution in [0.25, 0.3) is 0 Å². The number of aliphatic hydroxyl groups is 1. The summed E-state index contributed by atoms with van der Waals surface area (Å²) >= 11 is 0. The normalized spacial score (nSPS) is 18.4. The monoisotopic (exact) mass is 280 g/mol. The van der Waals surface area contributed by atoms with Gasteiger partial charge in [0.05, 0.1) is 19.0 Å². The molecule has 1 heterocycles. The Bertz CT molecular complexity index is 315. The average Bonchev–Trinajstić information content (AvgIpc) is 2.35. The zero-order valence-corrected chi connectivity index (χ0v) is 11.8. The largest absolute Gasteiger partial charge is 0.395 e. The molecule has 0 unspecified atom stereocenters. The summed E-state index contributed by atoms with van der Waals surface area (Å²) in [5.41, 5.74) is 0. The summed E-state index contributed by atoms with van der Waals surface area (Å²) < 4.78 is 30.7. The Morgan fingerprint density at radius 3 is 2.56 bits per heavy atom. The van der Waals surface area contributed by atoms with Gasteiger partial charge in [0.15, 0.2) is 0 Å². The maximum absolute atomic E-state index is 12.2. The van der Waals surface area contributed by atoms with Gasteiger partial charge in [0.2, 0.25) is 10.0 Å². The molecule has 6 nitrogen and oxygen atoms in total. The number of rotatable bonds is 8. The van der Waals surface area contributed by atoms with E-state index in [1.165, 1.54) is 11.4 Å². The molecule has 0 saturated carbocycles. The SMILES string of the molecule is COCCN(CCO)S(=O)(=O)CC1CCNCC1. The van der Waals surface area contributed by atoms with Crippen molar-refractivity contribution in [1.29, 1.82) is 0 Å². The van der Waals surface area contributed by atoms with E-state index in [2.05, 4.69) is 5.32 Å². The summed E-state index contributed by atoms with van der Waals surface area (Å²) in [5.74, 6) is 0.401. The fourth-order valence-corrected chi connectivity index (χ4v) is 4.00. The van der Waals surface area contributed by atoms with Crippen LogP contribution in [0.15, 0.2) is 0 Å². The zero-order chi connectivity index (χ0) is 13.4. The fraction of sp³-hybridized carbons (Fsp3) is 1.00. The van der Waals surface area contributed by atoms with Crippen molar-refractivity contribution in [2.24, 2.45) is 5.92 Å². The molecule has 0 aromatic heterocycles. The van der Waals surface area contributed by atoms with E-state index < -0.39 is 10.0 Å². The Hall–Kier alpha value is -0.210. The number of nitrogens with one attached hydrogen (secondary N) is 1. The smallest absolute Gasteiger partial charge is 0.214 e. The quantitative estimate of drug-likeness (QED) is 0.612. The highest BCUT2D eigenvalue weighted by atomic mass is 32.2. The highest BCUT2D eigenvalue weighted by Crippen LogP contribution is 2.16. The highest BCUT2D eigenvalue weighted by molar-refractivity contribution is 7.89. The Morgan fingerprint density at radius 2 is 2.00 bits per heavy atom. The van der Waals surface area contributed by atoms with Gasteiger partial charge in [-0.1, -0.05) is 0 Å². The van der Waals surface area contributed by atoms with Gasteiger partial charge < -0.3 is 15.2 Å². The van der Waals surface area contributed by atoms with Crippen LogP contribution in [0, 0.1) is 5.92 Å². The molecule has 18 heavy (non-hydrogen) atoms. The van der Waals surface area contributed by atoms with Crippen LogP contribution < -0.4 is 5.32 Å². The Balaban J connectivity index is 2.55. The highest BCUT2D eigenvalue weighted by Gasteiger charge is 2.26. The minimum Gasteiger partial charge on any atom is -0.395 e.